The summed E-state index contributed by atoms with van der Waals surface area (Å²) in [6.07, 6.45) is 1.96. The van der Waals surface area contributed by atoms with Gasteiger partial charge in [-0.15, -0.1) is 0 Å². The fraction of sp³-hybridized carbons (Fsp3) is 0.636. The van der Waals surface area contributed by atoms with Gasteiger partial charge in [-0.25, -0.2) is 4.79 Å². The number of H-pyrrole nitrogens is 1. The van der Waals surface area contributed by atoms with Gasteiger partial charge >= 0.3 is 5.69 Å². The minimum absolute atomic E-state index is 0.121. The van der Waals surface area contributed by atoms with E-state index in [1.807, 2.05) is 0 Å². The quantitative estimate of drug-likeness (QED) is 0.803. The molecule has 94 valence electrons. The van der Waals surface area contributed by atoms with Gasteiger partial charge in [0.15, 0.2) is 0 Å². The van der Waals surface area contributed by atoms with Crippen molar-refractivity contribution >= 4 is 11.6 Å². The highest BCUT2D eigenvalue weighted by molar-refractivity contribution is 6.30. The summed E-state index contributed by atoms with van der Waals surface area (Å²) in [4.78, 5) is 26.0. The Morgan fingerprint density at radius 2 is 2.29 bits per heavy atom. The normalized spacial score (nSPS) is 20.5. The van der Waals surface area contributed by atoms with Crippen molar-refractivity contribution in [2.24, 2.45) is 5.92 Å². The molecular formula is C11H15ClN2O3. The molecule has 1 aliphatic rings. The third-order valence-electron chi connectivity index (χ3n) is 3.05. The third-order valence-corrected chi connectivity index (χ3v) is 3.43. The van der Waals surface area contributed by atoms with Crippen LogP contribution in [0.3, 0.4) is 0 Å². The summed E-state index contributed by atoms with van der Waals surface area (Å²) < 4.78 is 6.54. The second kappa shape index (κ2) is 5.06. The molecule has 0 amide bonds. The van der Waals surface area contributed by atoms with Crippen molar-refractivity contribution in [3.8, 4) is 0 Å². The van der Waals surface area contributed by atoms with E-state index in [4.69, 9.17) is 16.3 Å². The van der Waals surface area contributed by atoms with Crippen LogP contribution in [0.1, 0.15) is 18.4 Å². The number of ether oxygens (including phenoxy) is 1. The predicted octanol–water partition coefficient (Wildman–Crippen LogP) is 0.925. The summed E-state index contributed by atoms with van der Waals surface area (Å²) in [5, 5.41) is 0.121. The first kappa shape index (κ1) is 12.4. The van der Waals surface area contributed by atoms with Gasteiger partial charge in [-0.2, -0.15) is 0 Å². The highest BCUT2D eigenvalue weighted by Gasteiger charge is 2.17. The molecule has 1 fully saturated rings. The summed E-state index contributed by atoms with van der Waals surface area (Å²) in [5.74, 6) is 0.225. The molecule has 2 rings (SSSR count). The van der Waals surface area contributed by atoms with Crippen molar-refractivity contribution in [2.45, 2.75) is 26.3 Å². The summed E-state index contributed by atoms with van der Waals surface area (Å²) in [7, 11) is 0. The van der Waals surface area contributed by atoms with Crippen LogP contribution in [0, 0.1) is 12.8 Å². The molecule has 1 N–H and O–H groups in total. The predicted molar refractivity (Wildman–Crippen MR) is 64.6 cm³/mol. The Bertz CT molecular complexity index is 514. The van der Waals surface area contributed by atoms with Gasteiger partial charge in [0, 0.05) is 24.6 Å². The van der Waals surface area contributed by atoms with E-state index < -0.39 is 5.69 Å². The molecule has 5 nitrogen and oxygen atoms in total. The summed E-state index contributed by atoms with van der Waals surface area (Å²) in [5.41, 5.74) is -0.386. The van der Waals surface area contributed by atoms with E-state index >= 15 is 0 Å². The van der Waals surface area contributed by atoms with E-state index in [2.05, 4.69) is 4.98 Å². The van der Waals surface area contributed by atoms with E-state index in [1.54, 1.807) is 6.92 Å². The molecule has 1 unspecified atom stereocenters. The van der Waals surface area contributed by atoms with E-state index in [9.17, 15) is 9.59 Å². The number of hydrogen-bond donors (Lipinski definition) is 1. The minimum Gasteiger partial charge on any atom is -0.381 e. The number of aromatic amines is 1. The van der Waals surface area contributed by atoms with Gasteiger partial charge < -0.3 is 4.74 Å². The molecule has 1 aliphatic heterocycles. The molecule has 0 bridgehead atoms. The molecule has 2 heterocycles. The standard InChI is InChI=1S/C11H15ClN2O3/c1-7-9(12)13-11(16)14(10(7)15)5-8-3-2-4-17-6-8/h8H,2-6H2,1H3,(H,13,16). The number of nitrogens with one attached hydrogen (secondary N) is 1. The number of hydrogen-bond acceptors (Lipinski definition) is 3. The van der Waals surface area contributed by atoms with Crippen LogP contribution in [0.25, 0.3) is 0 Å². The Morgan fingerprint density at radius 3 is 2.94 bits per heavy atom. The fourth-order valence-corrected chi connectivity index (χ4v) is 2.18. The molecule has 0 aromatic carbocycles. The van der Waals surface area contributed by atoms with Crippen molar-refractivity contribution in [1.82, 2.24) is 9.55 Å². The summed E-state index contributed by atoms with van der Waals surface area (Å²) >= 11 is 5.74. The summed E-state index contributed by atoms with van der Waals surface area (Å²) in [6, 6.07) is 0. The monoisotopic (exact) mass is 258 g/mol. The first-order chi connectivity index (χ1) is 8.09. The number of nitrogens with zero attached hydrogens (tertiary/aromatic N) is 1. The average molecular weight is 259 g/mol. The van der Waals surface area contributed by atoms with Gasteiger partial charge in [0.25, 0.3) is 5.56 Å². The Labute approximate surface area is 103 Å². The van der Waals surface area contributed by atoms with Crippen LogP contribution in [-0.4, -0.2) is 22.8 Å². The number of aromatic nitrogens is 2. The van der Waals surface area contributed by atoms with Crippen LogP contribution < -0.4 is 11.2 Å². The Balaban J connectivity index is 2.29. The SMILES string of the molecule is Cc1c(Cl)[nH]c(=O)n(CC2CCCOC2)c1=O. The van der Waals surface area contributed by atoms with Crippen LogP contribution in [0.2, 0.25) is 5.15 Å². The highest BCUT2D eigenvalue weighted by atomic mass is 35.5. The van der Waals surface area contributed by atoms with Gasteiger partial charge in [0.05, 0.1) is 6.61 Å². The van der Waals surface area contributed by atoms with Gasteiger partial charge in [0.2, 0.25) is 0 Å². The van der Waals surface area contributed by atoms with Crippen LogP contribution in [0.15, 0.2) is 9.59 Å². The lowest BCUT2D eigenvalue weighted by atomic mass is 10.0. The molecule has 1 aromatic rings. The highest BCUT2D eigenvalue weighted by Crippen LogP contribution is 2.14. The molecular weight excluding hydrogens is 244 g/mol. The Hall–Kier alpha value is -1.07. The third kappa shape index (κ3) is 2.61. The zero-order valence-corrected chi connectivity index (χ0v) is 10.4. The lowest BCUT2D eigenvalue weighted by molar-refractivity contribution is 0.0474. The average Bonchev–Trinajstić information content (AvgIpc) is 2.33. The van der Waals surface area contributed by atoms with Crippen LogP contribution >= 0.6 is 11.6 Å². The number of rotatable bonds is 2. The molecule has 1 saturated heterocycles. The zero-order valence-electron chi connectivity index (χ0n) is 9.66. The van der Waals surface area contributed by atoms with E-state index in [1.165, 1.54) is 4.57 Å². The molecule has 17 heavy (non-hydrogen) atoms. The van der Waals surface area contributed by atoms with Crippen molar-refractivity contribution in [1.29, 1.82) is 0 Å². The minimum atomic E-state index is -0.448. The first-order valence-electron chi connectivity index (χ1n) is 5.66. The second-order valence-corrected chi connectivity index (χ2v) is 4.75. The second-order valence-electron chi connectivity index (χ2n) is 4.37. The van der Waals surface area contributed by atoms with Crippen molar-refractivity contribution in [3.05, 3.63) is 31.6 Å². The molecule has 1 aromatic heterocycles. The Morgan fingerprint density at radius 1 is 1.53 bits per heavy atom. The van der Waals surface area contributed by atoms with E-state index in [0.717, 1.165) is 19.4 Å². The largest absolute Gasteiger partial charge is 0.381 e. The topological polar surface area (TPSA) is 64.1 Å². The van der Waals surface area contributed by atoms with Crippen molar-refractivity contribution in [2.75, 3.05) is 13.2 Å². The lowest BCUT2D eigenvalue weighted by Crippen LogP contribution is -2.39. The Kier molecular flexibility index (Phi) is 3.69. The molecule has 0 radical (unpaired) electrons. The molecule has 0 saturated carbocycles. The molecule has 0 aliphatic carbocycles. The molecule has 1 atom stereocenters. The van der Waals surface area contributed by atoms with Gasteiger partial charge in [0.1, 0.15) is 5.15 Å². The van der Waals surface area contributed by atoms with E-state index in [0.29, 0.717) is 18.7 Å². The first-order valence-corrected chi connectivity index (χ1v) is 6.04. The fourth-order valence-electron chi connectivity index (χ4n) is 2.02. The maximum Gasteiger partial charge on any atom is 0.329 e. The molecule has 6 heteroatoms. The van der Waals surface area contributed by atoms with Gasteiger partial charge in [-0.1, -0.05) is 11.6 Å². The van der Waals surface area contributed by atoms with E-state index in [-0.39, 0.29) is 16.6 Å². The van der Waals surface area contributed by atoms with Crippen molar-refractivity contribution in [3.63, 3.8) is 0 Å². The number of halogens is 1. The zero-order chi connectivity index (χ0) is 12.4. The van der Waals surface area contributed by atoms with Crippen LogP contribution in [0.4, 0.5) is 0 Å². The molecule has 0 spiro atoms. The lowest BCUT2D eigenvalue weighted by Gasteiger charge is -2.22. The maximum atomic E-state index is 11.9. The van der Waals surface area contributed by atoms with Gasteiger partial charge in [-0.3, -0.25) is 14.3 Å². The van der Waals surface area contributed by atoms with Crippen LogP contribution in [0.5, 0.6) is 0 Å². The van der Waals surface area contributed by atoms with Crippen LogP contribution in [-0.2, 0) is 11.3 Å². The van der Waals surface area contributed by atoms with Crippen molar-refractivity contribution < 1.29 is 4.74 Å². The maximum absolute atomic E-state index is 11.9. The smallest absolute Gasteiger partial charge is 0.329 e. The van der Waals surface area contributed by atoms with Gasteiger partial charge in [-0.05, 0) is 19.8 Å². The summed E-state index contributed by atoms with van der Waals surface area (Å²) in [6.45, 7) is 3.37.